The molecular formula is C20H32O3. The topological polar surface area (TPSA) is 49.7 Å². The second kappa shape index (κ2) is 4.83. The lowest BCUT2D eigenvalue weighted by Crippen LogP contribution is -2.54. The average molecular weight is 320 g/mol. The summed E-state index contributed by atoms with van der Waals surface area (Å²) in [5, 5.41) is 20.9. The van der Waals surface area contributed by atoms with Crippen molar-refractivity contribution in [3.05, 3.63) is 11.1 Å². The summed E-state index contributed by atoms with van der Waals surface area (Å²) in [6, 6.07) is 0. The van der Waals surface area contributed by atoms with E-state index in [1.807, 2.05) is 0 Å². The van der Waals surface area contributed by atoms with Gasteiger partial charge in [0.1, 0.15) is 0 Å². The molecule has 1 saturated heterocycles. The van der Waals surface area contributed by atoms with E-state index in [9.17, 15) is 10.2 Å². The van der Waals surface area contributed by atoms with Crippen LogP contribution in [0.4, 0.5) is 0 Å². The number of hydrogen-bond donors (Lipinski definition) is 2. The van der Waals surface area contributed by atoms with E-state index in [1.54, 1.807) is 5.57 Å². The highest BCUT2D eigenvalue weighted by Gasteiger charge is 2.59. The number of aliphatic hydroxyl groups excluding tert-OH is 2. The molecule has 0 aromatic heterocycles. The van der Waals surface area contributed by atoms with Gasteiger partial charge in [-0.1, -0.05) is 33.3 Å². The van der Waals surface area contributed by atoms with E-state index in [0.717, 1.165) is 38.5 Å². The number of fused-ring (bicyclic) bond motifs is 4. The maximum absolute atomic E-state index is 10.5. The van der Waals surface area contributed by atoms with Crippen molar-refractivity contribution in [1.82, 2.24) is 0 Å². The third-order valence-electron chi connectivity index (χ3n) is 8.25. The SMILES string of the molecule is CC1(C)C(O)CC[C@@]2(C)C3=C(CC[C@H]12)[C@H]1OCC(O)[C@@]1(C)CC3. The maximum atomic E-state index is 10.5. The smallest absolute Gasteiger partial charge is 0.0868 e. The largest absolute Gasteiger partial charge is 0.393 e. The molecule has 0 amide bonds. The van der Waals surface area contributed by atoms with E-state index in [1.165, 1.54) is 5.57 Å². The van der Waals surface area contributed by atoms with Crippen LogP contribution in [0.2, 0.25) is 0 Å². The van der Waals surface area contributed by atoms with E-state index in [0.29, 0.717) is 12.5 Å². The average Bonchev–Trinajstić information content (AvgIpc) is 2.79. The molecule has 3 heteroatoms. The summed E-state index contributed by atoms with van der Waals surface area (Å²) in [7, 11) is 0. The van der Waals surface area contributed by atoms with Gasteiger partial charge in [0.15, 0.2) is 0 Å². The summed E-state index contributed by atoms with van der Waals surface area (Å²) >= 11 is 0. The summed E-state index contributed by atoms with van der Waals surface area (Å²) in [5.41, 5.74) is 3.22. The Morgan fingerprint density at radius 1 is 0.957 bits per heavy atom. The molecule has 4 aliphatic rings. The highest BCUT2D eigenvalue weighted by Crippen LogP contribution is 2.64. The molecule has 1 heterocycles. The fourth-order valence-corrected chi connectivity index (χ4v) is 6.57. The summed E-state index contributed by atoms with van der Waals surface area (Å²) in [5.74, 6) is 0.549. The molecule has 23 heavy (non-hydrogen) atoms. The predicted molar refractivity (Wildman–Crippen MR) is 90.0 cm³/mol. The van der Waals surface area contributed by atoms with Crippen LogP contribution in [0.1, 0.15) is 66.2 Å². The van der Waals surface area contributed by atoms with Gasteiger partial charge in [0.25, 0.3) is 0 Å². The number of ether oxygens (including phenoxy) is 1. The first-order chi connectivity index (χ1) is 10.7. The molecule has 0 radical (unpaired) electrons. The first kappa shape index (κ1) is 16.1. The minimum absolute atomic E-state index is 0.0116. The molecule has 2 unspecified atom stereocenters. The number of hydrogen-bond acceptors (Lipinski definition) is 3. The Balaban J connectivity index is 1.77. The fraction of sp³-hybridized carbons (Fsp3) is 0.900. The lowest BCUT2D eigenvalue weighted by molar-refractivity contribution is -0.0948. The molecule has 1 saturated carbocycles. The van der Waals surface area contributed by atoms with Gasteiger partial charge in [-0.15, -0.1) is 0 Å². The summed E-state index contributed by atoms with van der Waals surface area (Å²) < 4.78 is 6.08. The third kappa shape index (κ3) is 1.93. The fourth-order valence-electron chi connectivity index (χ4n) is 6.57. The zero-order chi connectivity index (χ0) is 16.6. The van der Waals surface area contributed by atoms with E-state index in [-0.39, 0.29) is 34.6 Å². The Hall–Kier alpha value is -0.380. The molecule has 4 rings (SSSR count). The van der Waals surface area contributed by atoms with Gasteiger partial charge in [-0.2, -0.15) is 0 Å². The molecule has 0 aromatic rings. The van der Waals surface area contributed by atoms with Crippen molar-refractivity contribution < 1.29 is 14.9 Å². The first-order valence-electron chi connectivity index (χ1n) is 9.41. The van der Waals surface area contributed by atoms with E-state index in [4.69, 9.17) is 4.74 Å². The Bertz CT molecular complexity index is 551. The third-order valence-corrected chi connectivity index (χ3v) is 8.25. The standard InChI is InChI=1S/C20H32O3/c1-18(2)14-6-5-12-13(19(14,3)10-8-15(18)21)7-9-20(4)16(22)11-23-17(12)20/h14-17,21-22H,5-11H2,1-4H3/t14-,15?,16?,17-,19+,20-/m1/s1. The van der Waals surface area contributed by atoms with Crippen LogP contribution in [0.3, 0.4) is 0 Å². The van der Waals surface area contributed by atoms with Gasteiger partial charge in [0.2, 0.25) is 0 Å². The van der Waals surface area contributed by atoms with Crippen LogP contribution in [0.25, 0.3) is 0 Å². The first-order valence-corrected chi connectivity index (χ1v) is 9.41. The molecule has 3 aliphatic carbocycles. The highest BCUT2D eigenvalue weighted by molar-refractivity contribution is 5.36. The zero-order valence-corrected chi connectivity index (χ0v) is 15.1. The van der Waals surface area contributed by atoms with Gasteiger partial charge in [-0.3, -0.25) is 0 Å². The Morgan fingerprint density at radius 2 is 1.70 bits per heavy atom. The van der Waals surface area contributed by atoms with Crippen LogP contribution in [0.5, 0.6) is 0 Å². The number of rotatable bonds is 0. The molecule has 2 N–H and O–H groups in total. The van der Waals surface area contributed by atoms with Crippen molar-refractivity contribution in [3.8, 4) is 0 Å². The molecule has 0 spiro atoms. The van der Waals surface area contributed by atoms with Crippen molar-refractivity contribution >= 4 is 0 Å². The van der Waals surface area contributed by atoms with Gasteiger partial charge >= 0.3 is 0 Å². The Kier molecular flexibility index (Phi) is 3.38. The Morgan fingerprint density at radius 3 is 2.43 bits per heavy atom. The number of aliphatic hydroxyl groups is 2. The number of allylic oxidation sites excluding steroid dienone is 1. The second-order valence-corrected chi connectivity index (χ2v) is 9.62. The maximum Gasteiger partial charge on any atom is 0.0868 e. The van der Waals surface area contributed by atoms with Gasteiger partial charge in [0, 0.05) is 5.41 Å². The van der Waals surface area contributed by atoms with Crippen LogP contribution >= 0.6 is 0 Å². The lowest BCUT2D eigenvalue weighted by Gasteiger charge is -2.59. The van der Waals surface area contributed by atoms with Crippen molar-refractivity contribution in [2.24, 2.45) is 22.2 Å². The molecular weight excluding hydrogens is 288 g/mol. The van der Waals surface area contributed by atoms with E-state index < -0.39 is 0 Å². The van der Waals surface area contributed by atoms with Gasteiger partial charge in [0.05, 0.1) is 24.9 Å². The Labute approximate surface area is 140 Å². The second-order valence-electron chi connectivity index (χ2n) is 9.62. The molecule has 1 aliphatic heterocycles. The summed E-state index contributed by atoms with van der Waals surface area (Å²) in [6.45, 7) is 9.65. The van der Waals surface area contributed by atoms with Crippen LogP contribution in [-0.2, 0) is 4.74 Å². The minimum atomic E-state index is -0.323. The lowest BCUT2D eigenvalue weighted by atomic mass is 9.47. The van der Waals surface area contributed by atoms with Gasteiger partial charge in [-0.25, -0.2) is 0 Å². The minimum Gasteiger partial charge on any atom is -0.393 e. The normalized spacial score (nSPS) is 51.9. The molecule has 3 nitrogen and oxygen atoms in total. The van der Waals surface area contributed by atoms with Gasteiger partial charge in [-0.05, 0) is 60.8 Å². The van der Waals surface area contributed by atoms with Crippen molar-refractivity contribution in [2.75, 3.05) is 6.61 Å². The van der Waals surface area contributed by atoms with Crippen molar-refractivity contribution in [2.45, 2.75) is 84.5 Å². The molecule has 0 bridgehead atoms. The van der Waals surface area contributed by atoms with Crippen LogP contribution in [0.15, 0.2) is 11.1 Å². The highest BCUT2D eigenvalue weighted by atomic mass is 16.5. The molecule has 130 valence electrons. The predicted octanol–water partition coefficient (Wildman–Crippen LogP) is 3.44. The van der Waals surface area contributed by atoms with Crippen LogP contribution in [-0.4, -0.2) is 35.1 Å². The van der Waals surface area contributed by atoms with Crippen molar-refractivity contribution in [1.29, 1.82) is 0 Å². The quantitative estimate of drug-likeness (QED) is 0.672. The molecule has 6 atom stereocenters. The van der Waals surface area contributed by atoms with E-state index in [2.05, 4.69) is 27.7 Å². The monoisotopic (exact) mass is 320 g/mol. The summed E-state index contributed by atoms with van der Waals surface area (Å²) in [4.78, 5) is 0. The zero-order valence-electron chi connectivity index (χ0n) is 15.1. The van der Waals surface area contributed by atoms with Crippen molar-refractivity contribution in [3.63, 3.8) is 0 Å². The van der Waals surface area contributed by atoms with E-state index >= 15 is 0 Å². The molecule has 0 aromatic carbocycles. The van der Waals surface area contributed by atoms with Crippen LogP contribution < -0.4 is 0 Å². The van der Waals surface area contributed by atoms with Gasteiger partial charge < -0.3 is 14.9 Å². The molecule has 2 fully saturated rings. The van der Waals surface area contributed by atoms with Crippen LogP contribution in [0, 0.1) is 22.2 Å². The summed E-state index contributed by atoms with van der Waals surface area (Å²) in [6.07, 6.45) is 5.97.